The van der Waals surface area contributed by atoms with Crippen LogP contribution in [0, 0.1) is 0 Å². The minimum Gasteiger partial charge on any atom is -0.381 e. The summed E-state index contributed by atoms with van der Waals surface area (Å²) < 4.78 is 3.52. The Kier molecular flexibility index (Phi) is 6.45. The number of carbonyl (C=O) groups is 1. The summed E-state index contributed by atoms with van der Waals surface area (Å²) in [5.74, 6) is 0.408. The van der Waals surface area contributed by atoms with Gasteiger partial charge in [-0.1, -0.05) is 18.2 Å². The predicted octanol–water partition coefficient (Wildman–Crippen LogP) is 4.59. The first-order chi connectivity index (χ1) is 18.6. The molecule has 1 amide bonds. The first-order valence-corrected chi connectivity index (χ1v) is 12.8. The Hall–Kier alpha value is -4.70. The highest BCUT2D eigenvalue weighted by atomic mass is 16.2. The molecule has 0 aliphatic heterocycles. The van der Waals surface area contributed by atoms with Gasteiger partial charge in [0.15, 0.2) is 11.3 Å². The number of nitrogens with zero attached hydrogens (tertiary/aromatic N) is 5. The molecule has 3 heterocycles. The molecule has 3 aromatic heterocycles. The summed E-state index contributed by atoms with van der Waals surface area (Å²) in [5.41, 5.74) is 10.5. The zero-order valence-corrected chi connectivity index (χ0v) is 20.8. The summed E-state index contributed by atoms with van der Waals surface area (Å²) in [6.07, 6.45) is 10.7. The van der Waals surface area contributed by atoms with Crippen LogP contribution in [0.15, 0.2) is 85.5 Å². The van der Waals surface area contributed by atoms with Crippen LogP contribution in [0.3, 0.4) is 0 Å². The standard InChI is InChI=1S/C28H29N9O/c29-19-8-10-21(11-9-19)33-24-17-22(36-16-15-30-28(36)34-20-5-2-1-3-6-20)12-13-23(24)35-27(38)25-18-31-26-7-4-14-32-37(25)26/h1-7,12-19,21,33H,8-11,29H2,(H,30,34)(H,35,38). The van der Waals surface area contributed by atoms with Crippen molar-refractivity contribution in [2.75, 3.05) is 16.0 Å². The second-order valence-electron chi connectivity index (χ2n) is 9.49. The smallest absolute Gasteiger partial charge is 0.276 e. The summed E-state index contributed by atoms with van der Waals surface area (Å²) >= 11 is 0. The van der Waals surface area contributed by atoms with E-state index in [0.717, 1.165) is 42.7 Å². The second kappa shape index (κ2) is 10.3. The quantitative estimate of drug-likeness (QED) is 0.254. The zero-order valence-electron chi connectivity index (χ0n) is 20.8. The monoisotopic (exact) mass is 507 g/mol. The minimum atomic E-state index is -0.285. The SMILES string of the molecule is NC1CCC(Nc2cc(-n3ccnc3Nc3ccccc3)ccc2NC(=O)c2cnc3cccnn23)CC1. The third kappa shape index (κ3) is 4.94. The lowest BCUT2D eigenvalue weighted by atomic mass is 9.91. The number of anilines is 4. The fourth-order valence-electron chi connectivity index (χ4n) is 4.82. The van der Waals surface area contributed by atoms with Crippen molar-refractivity contribution >= 4 is 34.6 Å². The van der Waals surface area contributed by atoms with E-state index in [-0.39, 0.29) is 18.0 Å². The van der Waals surface area contributed by atoms with Crippen molar-refractivity contribution in [1.29, 1.82) is 0 Å². The van der Waals surface area contributed by atoms with Crippen molar-refractivity contribution in [3.8, 4) is 5.69 Å². The van der Waals surface area contributed by atoms with E-state index in [1.165, 1.54) is 10.7 Å². The molecule has 192 valence electrons. The number of amides is 1. The highest BCUT2D eigenvalue weighted by molar-refractivity contribution is 6.05. The van der Waals surface area contributed by atoms with Crippen molar-refractivity contribution in [2.24, 2.45) is 5.73 Å². The van der Waals surface area contributed by atoms with Crippen LogP contribution in [-0.4, -0.2) is 42.1 Å². The molecule has 1 saturated carbocycles. The Morgan fingerprint density at radius 1 is 0.921 bits per heavy atom. The van der Waals surface area contributed by atoms with E-state index in [4.69, 9.17) is 5.73 Å². The van der Waals surface area contributed by atoms with Gasteiger partial charge >= 0.3 is 0 Å². The van der Waals surface area contributed by atoms with Gasteiger partial charge in [0.1, 0.15) is 0 Å². The largest absolute Gasteiger partial charge is 0.381 e. The van der Waals surface area contributed by atoms with E-state index in [1.807, 2.05) is 65.4 Å². The van der Waals surface area contributed by atoms with Crippen molar-refractivity contribution < 1.29 is 4.79 Å². The maximum Gasteiger partial charge on any atom is 0.276 e. The maximum atomic E-state index is 13.3. The van der Waals surface area contributed by atoms with E-state index in [0.29, 0.717) is 23.0 Å². The molecule has 38 heavy (non-hydrogen) atoms. The normalized spacial score (nSPS) is 17.3. The molecule has 1 aliphatic carbocycles. The van der Waals surface area contributed by atoms with Gasteiger partial charge in [-0.25, -0.2) is 14.5 Å². The van der Waals surface area contributed by atoms with Crippen LogP contribution in [0.1, 0.15) is 36.2 Å². The number of rotatable bonds is 7. The van der Waals surface area contributed by atoms with Gasteiger partial charge in [0.25, 0.3) is 5.91 Å². The highest BCUT2D eigenvalue weighted by Crippen LogP contribution is 2.31. The van der Waals surface area contributed by atoms with Gasteiger partial charge in [0.05, 0.1) is 23.3 Å². The molecule has 0 radical (unpaired) electrons. The number of fused-ring (bicyclic) bond motifs is 1. The number of hydrogen-bond acceptors (Lipinski definition) is 7. The maximum absolute atomic E-state index is 13.3. The second-order valence-corrected chi connectivity index (χ2v) is 9.49. The summed E-state index contributed by atoms with van der Waals surface area (Å²) in [6.45, 7) is 0. The van der Waals surface area contributed by atoms with Crippen molar-refractivity contribution in [1.82, 2.24) is 24.1 Å². The number of para-hydroxylation sites is 1. The van der Waals surface area contributed by atoms with Gasteiger partial charge in [-0.2, -0.15) is 5.10 Å². The lowest BCUT2D eigenvalue weighted by Gasteiger charge is -2.28. The Bertz CT molecular complexity index is 1550. The molecular formula is C28H29N9O. The third-order valence-electron chi connectivity index (χ3n) is 6.84. The van der Waals surface area contributed by atoms with E-state index in [2.05, 4.69) is 31.0 Å². The van der Waals surface area contributed by atoms with Crippen LogP contribution in [0.2, 0.25) is 0 Å². The van der Waals surface area contributed by atoms with Crippen LogP contribution >= 0.6 is 0 Å². The fraction of sp³-hybridized carbons (Fsp3) is 0.214. The summed E-state index contributed by atoms with van der Waals surface area (Å²) in [6, 6.07) is 19.9. The third-order valence-corrected chi connectivity index (χ3v) is 6.84. The van der Waals surface area contributed by atoms with E-state index >= 15 is 0 Å². The van der Waals surface area contributed by atoms with Gasteiger partial charge in [-0.3, -0.25) is 9.36 Å². The molecule has 0 unspecified atom stereocenters. The molecule has 1 aliphatic rings. The van der Waals surface area contributed by atoms with Crippen molar-refractivity contribution in [3.63, 3.8) is 0 Å². The van der Waals surface area contributed by atoms with Gasteiger partial charge in [0, 0.05) is 36.4 Å². The molecular weight excluding hydrogens is 478 g/mol. The lowest BCUT2D eigenvalue weighted by molar-refractivity contribution is 0.102. The number of nitrogens with two attached hydrogens (primary N) is 1. The summed E-state index contributed by atoms with van der Waals surface area (Å²) in [4.78, 5) is 22.1. The molecule has 1 fully saturated rings. The number of aromatic nitrogens is 5. The molecule has 2 aromatic carbocycles. The summed E-state index contributed by atoms with van der Waals surface area (Å²) in [7, 11) is 0. The van der Waals surface area contributed by atoms with Crippen molar-refractivity contribution in [3.05, 3.63) is 91.1 Å². The topological polar surface area (TPSA) is 127 Å². The molecule has 5 aromatic rings. The first kappa shape index (κ1) is 23.7. The molecule has 10 heteroatoms. The van der Waals surface area contributed by atoms with Gasteiger partial charge in [-0.05, 0) is 68.1 Å². The van der Waals surface area contributed by atoms with E-state index in [1.54, 1.807) is 18.5 Å². The van der Waals surface area contributed by atoms with Crippen LogP contribution in [0.4, 0.5) is 23.0 Å². The average Bonchev–Trinajstić information content (AvgIpc) is 3.59. The Morgan fingerprint density at radius 2 is 1.76 bits per heavy atom. The number of carbonyl (C=O) groups excluding carboxylic acids is 1. The zero-order chi connectivity index (χ0) is 25.9. The molecule has 0 bridgehead atoms. The van der Waals surface area contributed by atoms with E-state index in [9.17, 15) is 4.79 Å². The molecule has 10 nitrogen and oxygen atoms in total. The fourth-order valence-corrected chi connectivity index (χ4v) is 4.82. The number of nitrogens with one attached hydrogen (secondary N) is 3. The summed E-state index contributed by atoms with van der Waals surface area (Å²) in [5, 5.41) is 14.4. The van der Waals surface area contributed by atoms with Gasteiger partial charge in [-0.15, -0.1) is 0 Å². The van der Waals surface area contributed by atoms with Crippen molar-refractivity contribution in [2.45, 2.75) is 37.8 Å². The molecule has 5 N–H and O–H groups in total. The van der Waals surface area contributed by atoms with Crippen LogP contribution in [0.25, 0.3) is 11.3 Å². The van der Waals surface area contributed by atoms with Gasteiger partial charge < -0.3 is 21.7 Å². The Labute approximate surface area is 219 Å². The number of hydrogen-bond donors (Lipinski definition) is 4. The molecule has 0 saturated heterocycles. The Balaban J connectivity index is 1.31. The van der Waals surface area contributed by atoms with E-state index < -0.39 is 0 Å². The number of benzene rings is 2. The van der Waals surface area contributed by atoms with Crippen LogP contribution in [-0.2, 0) is 0 Å². The molecule has 6 rings (SSSR count). The first-order valence-electron chi connectivity index (χ1n) is 12.8. The predicted molar refractivity (Wildman–Crippen MR) is 148 cm³/mol. The van der Waals surface area contributed by atoms with Crippen LogP contribution in [0.5, 0.6) is 0 Å². The Morgan fingerprint density at radius 3 is 2.61 bits per heavy atom. The highest BCUT2D eigenvalue weighted by Gasteiger charge is 2.21. The van der Waals surface area contributed by atoms with Crippen LogP contribution < -0.4 is 21.7 Å². The molecule has 0 spiro atoms. The average molecular weight is 508 g/mol. The number of imidazole rings is 2. The lowest BCUT2D eigenvalue weighted by Crippen LogP contribution is -2.33. The molecule has 0 atom stereocenters. The minimum absolute atomic E-state index is 0.249. The van der Waals surface area contributed by atoms with Gasteiger partial charge in [0.2, 0.25) is 5.95 Å².